The third-order valence-electron chi connectivity index (χ3n) is 4.80. The molecule has 1 aromatic carbocycles. The summed E-state index contributed by atoms with van der Waals surface area (Å²) in [6.07, 6.45) is 8.18. The number of carbonyl (C=O) groups is 1. The summed E-state index contributed by atoms with van der Waals surface area (Å²) < 4.78 is 11.4. The van der Waals surface area contributed by atoms with Gasteiger partial charge in [0.25, 0.3) is 5.91 Å². The number of hydrogen-bond donors (Lipinski definition) is 0. The maximum atomic E-state index is 12.7. The van der Waals surface area contributed by atoms with E-state index in [0.29, 0.717) is 9.23 Å². The Kier molecular flexibility index (Phi) is 4.50. The van der Waals surface area contributed by atoms with E-state index in [1.165, 1.54) is 37.4 Å². The fraction of sp³-hybridized carbons (Fsp3) is 0.444. The van der Waals surface area contributed by atoms with Gasteiger partial charge in [-0.1, -0.05) is 55.7 Å². The van der Waals surface area contributed by atoms with E-state index in [9.17, 15) is 4.79 Å². The first-order chi connectivity index (χ1) is 11.7. The largest absolute Gasteiger partial charge is 0.454 e. The number of amides is 1. The van der Waals surface area contributed by atoms with Crippen LogP contribution in [-0.4, -0.2) is 28.5 Å². The highest BCUT2D eigenvalue weighted by atomic mass is 32.2. The van der Waals surface area contributed by atoms with Crippen LogP contribution in [0.2, 0.25) is 0 Å². The minimum absolute atomic E-state index is 0.0284. The third kappa shape index (κ3) is 3.17. The highest BCUT2D eigenvalue weighted by molar-refractivity contribution is 8.26. The number of ether oxygens (including phenoxy) is 2. The SMILES string of the molecule is O=C1/C(=C\c2ccc3c(c2)OCO3)SC(=S)N1CCC1CCCC1. The van der Waals surface area contributed by atoms with Crippen molar-refractivity contribution in [1.82, 2.24) is 4.90 Å². The van der Waals surface area contributed by atoms with Gasteiger partial charge in [-0.15, -0.1) is 0 Å². The molecule has 0 atom stereocenters. The molecule has 6 heteroatoms. The average Bonchev–Trinajstić information content (AvgIpc) is 3.29. The van der Waals surface area contributed by atoms with E-state index >= 15 is 0 Å². The zero-order chi connectivity index (χ0) is 16.5. The predicted molar refractivity (Wildman–Crippen MR) is 99.0 cm³/mol. The second-order valence-electron chi connectivity index (χ2n) is 6.39. The van der Waals surface area contributed by atoms with Crippen molar-refractivity contribution in [2.45, 2.75) is 32.1 Å². The van der Waals surface area contributed by atoms with Crippen LogP contribution >= 0.6 is 24.0 Å². The Labute approximate surface area is 151 Å². The Morgan fingerprint density at radius 1 is 1.25 bits per heavy atom. The zero-order valence-electron chi connectivity index (χ0n) is 13.3. The van der Waals surface area contributed by atoms with Crippen LogP contribution in [0.1, 0.15) is 37.7 Å². The Bertz CT molecular complexity index is 710. The summed E-state index contributed by atoms with van der Waals surface area (Å²) in [6, 6.07) is 5.70. The molecule has 1 aliphatic carbocycles. The van der Waals surface area contributed by atoms with Gasteiger partial charge in [-0.25, -0.2) is 0 Å². The van der Waals surface area contributed by atoms with E-state index in [4.69, 9.17) is 21.7 Å². The van der Waals surface area contributed by atoms with Gasteiger partial charge in [0.15, 0.2) is 11.5 Å². The molecular weight excluding hydrogens is 342 g/mol. The molecule has 2 aliphatic heterocycles. The molecule has 1 amide bonds. The highest BCUT2D eigenvalue weighted by Gasteiger charge is 2.32. The summed E-state index contributed by atoms with van der Waals surface area (Å²) in [4.78, 5) is 15.1. The molecule has 1 saturated carbocycles. The summed E-state index contributed by atoms with van der Waals surface area (Å²) >= 11 is 6.80. The number of hydrogen-bond acceptors (Lipinski definition) is 5. The van der Waals surface area contributed by atoms with Crippen LogP contribution in [0, 0.1) is 5.92 Å². The Morgan fingerprint density at radius 3 is 2.88 bits per heavy atom. The number of rotatable bonds is 4. The summed E-state index contributed by atoms with van der Waals surface area (Å²) in [5, 5.41) is 0. The first-order valence-electron chi connectivity index (χ1n) is 8.36. The molecule has 2 fully saturated rings. The predicted octanol–water partition coefficient (Wildman–Crippen LogP) is 4.20. The highest BCUT2D eigenvalue weighted by Crippen LogP contribution is 2.37. The van der Waals surface area contributed by atoms with Crippen molar-refractivity contribution >= 4 is 40.3 Å². The van der Waals surface area contributed by atoms with E-state index < -0.39 is 0 Å². The van der Waals surface area contributed by atoms with Crippen LogP contribution in [-0.2, 0) is 4.79 Å². The summed E-state index contributed by atoms with van der Waals surface area (Å²) in [5.74, 6) is 2.25. The van der Waals surface area contributed by atoms with Crippen molar-refractivity contribution in [3.05, 3.63) is 28.7 Å². The normalized spacial score (nSPS) is 22.2. The summed E-state index contributed by atoms with van der Waals surface area (Å²) in [7, 11) is 0. The van der Waals surface area contributed by atoms with Crippen molar-refractivity contribution in [3.8, 4) is 11.5 Å². The number of nitrogens with zero attached hydrogens (tertiary/aromatic N) is 1. The minimum Gasteiger partial charge on any atom is -0.454 e. The van der Waals surface area contributed by atoms with E-state index in [1.807, 2.05) is 24.3 Å². The van der Waals surface area contributed by atoms with Gasteiger partial charge in [0.2, 0.25) is 6.79 Å². The van der Waals surface area contributed by atoms with Crippen LogP contribution in [0.3, 0.4) is 0 Å². The molecule has 126 valence electrons. The van der Waals surface area contributed by atoms with Crippen molar-refractivity contribution in [3.63, 3.8) is 0 Å². The van der Waals surface area contributed by atoms with Gasteiger partial charge in [-0.2, -0.15) is 0 Å². The molecule has 24 heavy (non-hydrogen) atoms. The van der Waals surface area contributed by atoms with Crippen LogP contribution in [0.15, 0.2) is 23.1 Å². The van der Waals surface area contributed by atoms with Gasteiger partial charge < -0.3 is 9.47 Å². The Balaban J connectivity index is 1.46. The van der Waals surface area contributed by atoms with E-state index in [2.05, 4.69) is 0 Å². The number of thioether (sulfide) groups is 1. The van der Waals surface area contributed by atoms with Crippen molar-refractivity contribution in [2.75, 3.05) is 13.3 Å². The molecule has 3 aliphatic rings. The molecule has 2 heterocycles. The monoisotopic (exact) mass is 361 g/mol. The zero-order valence-corrected chi connectivity index (χ0v) is 15.0. The molecule has 4 rings (SSSR count). The molecule has 0 N–H and O–H groups in total. The van der Waals surface area contributed by atoms with Crippen LogP contribution < -0.4 is 9.47 Å². The molecule has 0 unspecified atom stereocenters. The second kappa shape index (κ2) is 6.76. The Hall–Kier alpha value is -1.53. The molecule has 4 nitrogen and oxygen atoms in total. The van der Waals surface area contributed by atoms with Gasteiger partial charge in [-0.05, 0) is 36.1 Å². The standard InChI is InChI=1S/C18H19NO3S2/c20-17-16(10-13-5-6-14-15(9-13)22-11-21-14)24-18(23)19(17)8-7-12-3-1-2-4-12/h5-6,9-10,12H,1-4,7-8,11H2/b16-10+. The quantitative estimate of drug-likeness (QED) is 0.594. The number of thiocarbonyl (C=S) groups is 1. The van der Waals surface area contributed by atoms with Gasteiger partial charge in [0.1, 0.15) is 4.32 Å². The fourth-order valence-electron chi connectivity index (χ4n) is 3.46. The first kappa shape index (κ1) is 16.0. The third-order valence-corrected chi connectivity index (χ3v) is 6.18. The smallest absolute Gasteiger partial charge is 0.266 e. The van der Waals surface area contributed by atoms with Crippen LogP contribution in [0.5, 0.6) is 11.5 Å². The van der Waals surface area contributed by atoms with Gasteiger partial charge in [0.05, 0.1) is 4.91 Å². The second-order valence-corrected chi connectivity index (χ2v) is 8.06. The van der Waals surface area contributed by atoms with Crippen LogP contribution in [0.25, 0.3) is 6.08 Å². The molecule has 0 spiro atoms. The fourth-order valence-corrected chi connectivity index (χ4v) is 4.77. The number of benzene rings is 1. The number of fused-ring (bicyclic) bond motifs is 1. The molecule has 0 radical (unpaired) electrons. The lowest BCUT2D eigenvalue weighted by atomic mass is 10.0. The molecular formula is C18H19NO3S2. The van der Waals surface area contributed by atoms with E-state index in [0.717, 1.165) is 35.9 Å². The van der Waals surface area contributed by atoms with Crippen molar-refractivity contribution < 1.29 is 14.3 Å². The van der Waals surface area contributed by atoms with E-state index in [1.54, 1.807) is 4.90 Å². The minimum atomic E-state index is 0.0284. The molecule has 1 saturated heterocycles. The van der Waals surface area contributed by atoms with Crippen molar-refractivity contribution in [2.24, 2.45) is 5.92 Å². The lowest BCUT2D eigenvalue weighted by molar-refractivity contribution is -0.122. The van der Waals surface area contributed by atoms with Gasteiger partial charge >= 0.3 is 0 Å². The first-order valence-corrected chi connectivity index (χ1v) is 9.58. The average molecular weight is 361 g/mol. The van der Waals surface area contributed by atoms with Gasteiger partial charge in [-0.3, -0.25) is 9.69 Å². The summed E-state index contributed by atoms with van der Waals surface area (Å²) in [6.45, 7) is 0.996. The lowest BCUT2D eigenvalue weighted by Gasteiger charge is -2.17. The lowest BCUT2D eigenvalue weighted by Crippen LogP contribution is -2.30. The van der Waals surface area contributed by atoms with E-state index in [-0.39, 0.29) is 12.7 Å². The van der Waals surface area contributed by atoms with Gasteiger partial charge in [0, 0.05) is 6.54 Å². The maximum Gasteiger partial charge on any atom is 0.266 e. The van der Waals surface area contributed by atoms with Crippen molar-refractivity contribution in [1.29, 1.82) is 0 Å². The summed E-state index contributed by atoms with van der Waals surface area (Å²) in [5.41, 5.74) is 0.926. The topological polar surface area (TPSA) is 38.8 Å². The Morgan fingerprint density at radius 2 is 2.04 bits per heavy atom. The molecule has 0 bridgehead atoms. The molecule has 1 aromatic rings. The number of carbonyl (C=O) groups excluding carboxylic acids is 1. The maximum absolute atomic E-state index is 12.7. The van der Waals surface area contributed by atoms with Crippen LogP contribution in [0.4, 0.5) is 0 Å². The molecule has 0 aromatic heterocycles.